The van der Waals surface area contributed by atoms with E-state index in [2.05, 4.69) is 5.32 Å². The van der Waals surface area contributed by atoms with Crippen LogP contribution in [0.5, 0.6) is 5.75 Å². The summed E-state index contributed by atoms with van der Waals surface area (Å²) >= 11 is 0. The Balaban J connectivity index is 1.91. The Morgan fingerprint density at radius 3 is 2.31 bits per heavy atom. The molecule has 5 unspecified atom stereocenters. The van der Waals surface area contributed by atoms with E-state index in [1.165, 1.54) is 32.0 Å². The van der Waals surface area contributed by atoms with Crippen LogP contribution < -0.4 is 16.0 Å². The number of hydrogen-bond acceptors (Lipinski definition) is 10. The highest BCUT2D eigenvalue weighted by molar-refractivity contribution is 6.24. The van der Waals surface area contributed by atoms with Gasteiger partial charge in [0.2, 0.25) is 5.78 Å². The van der Waals surface area contributed by atoms with Crippen LogP contribution in [0.3, 0.4) is 0 Å². The molecular formula is C28H35F3N4O7. The van der Waals surface area contributed by atoms with Crippen molar-refractivity contribution in [2.75, 3.05) is 33.1 Å². The predicted molar refractivity (Wildman–Crippen MR) is 146 cm³/mol. The molecule has 4 rings (SSSR count). The lowest BCUT2D eigenvalue weighted by atomic mass is 9.57. The van der Waals surface area contributed by atoms with Gasteiger partial charge in [-0.15, -0.1) is 0 Å². The number of phenolic OH excluding ortho intramolecular Hbond substituents is 1. The van der Waals surface area contributed by atoms with E-state index in [4.69, 9.17) is 5.73 Å². The standard InChI is InChI=1S/C28H35F3N4O7/c1-6-16(28(29,30)31)33-10-12-9-15(34(2)3)13-7-11-8-14-20(35(4)5)23(38)19(26(32)41)25(40)27(14,42)24(39)17(11)22(37)18(13)21(12)36/h9,11,14,16,20,33,36-37,40,42H,6-8,10H2,1-5H3,(H2,32,41). The molecule has 42 heavy (non-hydrogen) atoms. The number of alkyl halides is 3. The molecule has 7 N–H and O–H groups in total. The lowest BCUT2D eigenvalue weighted by Crippen LogP contribution is -2.65. The van der Waals surface area contributed by atoms with Crippen LogP contribution in [-0.2, 0) is 27.3 Å². The number of carbonyl (C=O) groups excluding carboxylic acids is 3. The van der Waals surface area contributed by atoms with Gasteiger partial charge < -0.3 is 36.4 Å². The average Bonchev–Trinajstić information content (AvgIpc) is 2.86. The molecule has 230 valence electrons. The largest absolute Gasteiger partial charge is 0.508 e. The summed E-state index contributed by atoms with van der Waals surface area (Å²) in [6.07, 6.45) is -4.82. The monoisotopic (exact) mass is 596 g/mol. The van der Waals surface area contributed by atoms with Crippen molar-refractivity contribution in [3.8, 4) is 5.75 Å². The summed E-state index contributed by atoms with van der Waals surface area (Å²) in [6, 6.07) is -1.56. The third-order valence-corrected chi connectivity index (χ3v) is 8.60. The SMILES string of the molecule is CCC(NCc1cc(N(C)C)c2c(c1O)C(O)=C1C(=O)C3(O)C(O)=C(C(N)=O)C(=O)C(N(C)C)C3CC1C2)C(F)(F)F. The van der Waals surface area contributed by atoms with Crippen LogP contribution in [-0.4, -0.2) is 94.9 Å². The molecule has 3 aliphatic carbocycles. The van der Waals surface area contributed by atoms with Gasteiger partial charge in [0.1, 0.15) is 28.9 Å². The third-order valence-electron chi connectivity index (χ3n) is 8.60. The molecule has 5 atom stereocenters. The summed E-state index contributed by atoms with van der Waals surface area (Å²) in [5.41, 5.74) is 2.02. The van der Waals surface area contributed by atoms with Crippen molar-refractivity contribution >= 4 is 28.9 Å². The van der Waals surface area contributed by atoms with Crippen molar-refractivity contribution in [3.05, 3.63) is 39.7 Å². The molecule has 0 spiro atoms. The number of nitrogens with two attached hydrogens (primary N) is 1. The lowest BCUT2D eigenvalue weighted by molar-refractivity contribution is -0.157. The first-order chi connectivity index (χ1) is 19.4. The van der Waals surface area contributed by atoms with Gasteiger partial charge in [-0.25, -0.2) is 0 Å². The Kier molecular flexibility index (Phi) is 7.89. The van der Waals surface area contributed by atoms with E-state index in [0.717, 1.165) is 0 Å². The first kappa shape index (κ1) is 31.3. The number of benzene rings is 1. The molecule has 0 heterocycles. The van der Waals surface area contributed by atoms with Crippen molar-refractivity contribution < 1.29 is 48.0 Å². The molecule has 1 fully saturated rings. The number of Topliss-reactive ketones (excluding diaryl/α,β-unsaturated/α-hetero) is 2. The number of carbonyl (C=O) groups is 3. The minimum absolute atomic E-state index is 0.0280. The van der Waals surface area contributed by atoms with Crippen LogP contribution >= 0.6 is 0 Å². The van der Waals surface area contributed by atoms with Crippen LogP contribution in [0.1, 0.15) is 36.5 Å². The zero-order valence-electron chi connectivity index (χ0n) is 23.8. The highest BCUT2D eigenvalue weighted by Gasteiger charge is 2.64. The van der Waals surface area contributed by atoms with Crippen molar-refractivity contribution in [1.82, 2.24) is 10.2 Å². The van der Waals surface area contributed by atoms with Gasteiger partial charge in [-0.2, -0.15) is 13.2 Å². The summed E-state index contributed by atoms with van der Waals surface area (Å²) in [5.74, 6) is -7.81. The number of rotatable bonds is 7. The minimum Gasteiger partial charge on any atom is -0.508 e. The predicted octanol–water partition coefficient (Wildman–Crippen LogP) is 1.46. The Hall–Kier alpha value is -3.62. The smallest absolute Gasteiger partial charge is 0.403 e. The fraction of sp³-hybridized carbons (Fsp3) is 0.536. The minimum atomic E-state index is -4.54. The molecule has 14 heteroatoms. The number of ketones is 2. The van der Waals surface area contributed by atoms with E-state index < -0.39 is 82.6 Å². The van der Waals surface area contributed by atoms with Crippen LogP contribution in [0.2, 0.25) is 0 Å². The first-order valence-corrected chi connectivity index (χ1v) is 13.4. The van der Waals surface area contributed by atoms with Gasteiger partial charge in [0.25, 0.3) is 5.91 Å². The maximum absolute atomic E-state index is 14.0. The van der Waals surface area contributed by atoms with E-state index >= 15 is 0 Å². The number of aliphatic hydroxyl groups excluding tert-OH is 2. The Morgan fingerprint density at radius 1 is 1.19 bits per heavy atom. The zero-order valence-corrected chi connectivity index (χ0v) is 23.8. The molecule has 0 aliphatic heterocycles. The van der Waals surface area contributed by atoms with Crippen molar-refractivity contribution in [1.29, 1.82) is 0 Å². The van der Waals surface area contributed by atoms with E-state index in [9.17, 15) is 48.0 Å². The van der Waals surface area contributed by atoms with Crippen molar-refractivity contribution in [3.63, 3.8) is 0 Å². The number of fused-ring (bicyclic) bond motifs is 3. The second-order valence-electron chi connectivity index (χ2n) is 11.5. The summed E-state index contributed by atoms with van der Waals surface area (Å²) in [6.45, 7) is 0.946. The molecule has 0 bridgehead atoms. The number of aromatic hydroxyl groups is 1. The number of hydrogen-bond donors (Lipinski definition) is 6. The lowest BCUT2D eigenvalue weighted by Gasteiger charge is -2.50. The fourth-order valence-electron chi connectivity index (χ4n) is 6.60. The summed E-state index contributed by atoms with van der Waals surface area (Å²) in [7, 11) is 6.36. The number of nitrogens with one attached hydrogen (secondary N) is 1. The molecule has 1 amide bonds. The van der Waals surface area contributed by atoms with Crippen LogP contribution in [0.25, 0.3) is 5.76 Å². The Bertz CT molecular complexity index is 1420. The molecule has 0 aromatic heterocycles. The van der Waals surface area contributed by atoms with Gasteiger partial charge in [-0.3, -0.25) is 19.3 Å². The molecule has 3 aliphatic rings. The quantitative estimate of drug-likeness (QED) is 0.253. The molecular weight excluding hydrogens is 561 g/mol. The third kappa shape index (κ3) is 4.61. The number of aliphatic hydroxyl groups is 3. The zero-order chi connectivity index (χ0) is 31.6. The van der Waals surface area contributed by atoms with Crippen molar-refractivity contribution in [2.45, 2.75) is 56.6 Å². The van der Waals surface area contributed by atoms with E-state index in [1.807, 2.05) is 0 Å². The second kappa shape index (κ2) is 10.6. The van der Waals surface area contributed by atoms with Gasteiger partial charge in [0, 0.05) is 43.4 Å². The van der Waals surface area contributed by atoms with E-state index in [0.29, 0.717) is 11.3 Å². The normalized spacial score (nSPS) is 26.7. The highest BCUT2D eigenvalue weighted by atomic mass is 19.4. The maximum atomic E-state index is 14.0. The average molecular weight is 597 g/mol. The van der Waals surface area contributed by atoms with Gasteiger partial charge in [0.15, 0.2) is 11.4 Å². The highest BCUT2D eigenvalue weighted by Crippen LogP contribution is 2.54. The molecule has 11 nitrogen and oxygen atoms in total. The molecule has 0 saturated heterocycles. The first-order valence-electron chi connectivity index (χ1n) is 13.4. The van der Waals surface area contributed by atoms with Crippen molar-refractivity contribution in [2.24, 2.45) is 17.6 Å². The number of nitrogens with zero attached hydrogens (tertiary/aromatic N) is 2. The van der Waals surface area contributed by atoms with E-state index in [-0.39, 0.29) is 36.0 Å². The van der Waals surface area contributed by atoms with Crippen LogP contribution in [0, 0.1) is 11.8 Å². The summed E-state index contributed by atoms with van der Waals surface area (Å²) in [5, 5.41) is 47.7. The summed E-state index contributed by atoms with van der Waals surface area (Å²) < 4.78 is 40.1. The molecule has 1 saturated carbocycles. The number of halogens is 3. The Morgan fingerprint density at radius 2 is 1.81 bits per heavy atom. The molecule has 0 radical (unpaired) electrons. The maximum Gasteiger partial charge on any atom is 0.403 e. The number of likely N-dealkylation sites (N-methyl/N-ethyl adjacent to an activating group) is 1. The van der Waals surface area contributed by atoms with Gasteiger partial charge in [-0.1, -0.05) is 6.92 Å². The second-order valence-corrected chi connectivity index (χ2v) is 11.5. The number of primary amides is 1. The van der Waals surface area contributed by atoms with Gasteiger partial charge in [0.05, 0.1) is 11.6 Å². The molecule has 1 aromatic rings. The van der Waals surface area contributed by atoms with Crippen LogP contribution in [0.4, 0.5) is 18.9 Å². The fourth-order valence-corrected chi connectivity index (χ4v) is 6.60. The van der Waals surface area contributed by atoms with Gasteiger partial charge >= 0.3 is 6.18 Å². The topological polar surface area (TPSA) is 177 Å². The summed E-state index contributed by atoms with van der Waals surface area (Å²) in [4.78, 5) is 42.4. The number of anilines is 1. The molecule has 1 aromatic carbocycles. The Labute approximate surface area is 240 Å². The number of amides is 1. The number of phenols is 1. The van der Waals surface area contributed by atoms with Gasteiger partial charge in [-0.05, 0) is 50.9 Å². The van der Waals surface area contributed by atoms with Crippen LogP contribution in [0.15, 0.2) is 23.0 Å². The van der Waals surface area contributed by atoms with E-state index in [1.54, 1.807) is 19.0 Å².